The van der Waals surface area contributed by atoms with Gasteiger partial charge in [-0.3, -0.25) is 19.4 Å². The summed E-state index contributed by atoms with van der Waals surface area (Å²) in [6.45, 7) is 27.5. The number of unbranched alkanes of at least 4 members (excludes halogenated alkanes) is 24. The summed E-state index contributed by atoms with van der Waals surface area (Å²) in [7, 11) is 2.17. The van der Waals surface area contributed by atoms with Gasteiger partial charge in [-0.25, -0.2) is 0 Å². The summed E-state index contributed by atoms with van der Waals surface area (Å²) in [6, 6.07) is 0. The summed E-state index contributed by atoms with van der Waals surface area (Å²) in [6.07, 6.45) is 47.0. The molecule has 1 atom stereocenters. The van der Waals surface area contributed by atoms with E-state index in [1.165, 1.54) is 212 Å². The molecular formula is C60H119N5O3. The average molecular weight is 959 g/mol. The molecule has 1 saturated heterocycles. The summed E-state index contributed by atoms with van der Waals surface area (Å²) in [5.74, 6) is 0.780. The molecule has 68 heavy (non-hydrogen) atoms. The van der Waals surface area contributed by atoms with E-state index in [9.17, 15) is 9.59 Å². The fraction of sp³-hybridized carbons (Fsp3) is 0.933. The second-order valence-electron chi connectivity index (χ2n) is 21.6. The lowest BCUT2D eigenvalue weighted by Crippen LogP contribution is -2.50. The Morgan fingerprint density at radius 1 is 0.500 bits per heavy atom. The minimum absolute atomic E-state index is 0.0188. The van der Waals surface area contributed by atoms with Crippen molar-refractivity contribution < 1.29 is 14.3 Å². The van der Waals surface area contributed by atoms with Crippen molar-refractivity contribution in [3.63, 3.8) is 0 Å². The molecule has 1 saturated carbocycles. The summed E-state index contributed by atoms with van der Waals surface area (Å²) < 4.78 is 5.45. The minimum Gasteiger partial charge on any atom is -0.466 e. The lowest BCUT2D eigenvalue weighted by atomic mass is 10.0. The highest BCUT2D eigenvalue weighted by atomic mass is 16.5. The van der Waals surface area contributed by atoms with Gasteiger partial charge >= 0.3 is 5.97 Å². The van der Waals surface area contributed by atoms with Gasteiger partial charge in [-0.2, -0.15) is 0 Å². The van der Waals surface area contributed by atoms with Gasteiger partial charge in [-0.05, 0) is 84.1 Å². The van der Waals surface area contributed by atoms with Crippen LogP contribution in [0, 0.1) is 5.92 Å². The number of nitrogens with zero attached hydrogens (tertiary/aromatic N) is 5. The standard InChI is InChI=1S/C36H74N4O.C24H45NO2/c1-5-8-11-14-17-20-23-26-38(27-24-21-18-15-12-9-6-2)31-32-39(28-25-22-19-16-13-10-7-3)35-36(41)40-33-29-37(4)30-34-40;1-4-6-7-8-9-10-11-17-25(19-16-23-14-15-23)18-12-20-27-24(26)21-22(3)13-5-2/h5-35H2,1-4H3;16,22H,4-15,17-21H2,1-3H3. The van der Waals surface area contributed by atoms with Gasteiger partial charge < -0.3 is 19.4 Å². The summed E-state index contributed by atoms with van der Waals surface area (Å²) in [4.78, 5) is 37.4. The fourth-order valence-electron chi connectivity index (χ4n) is 9.65. The highest BCUT2D eigenvalue weighted by Gasteiger charge is 2.22. The third kappa shape index (κ3) is 41.2. The van der Waals surface area contributed by atoms with Crippen molar-refractivity contribution in [1.82, 2.24) is 24.5 Å². The molecule has 0 bridgehead atoms. The van der Waals surface area contributed by atoms with Crippen LogP contribution in [0.25, 0.3) is 0 Å². The molecule has 8 heteroatoms. The molecule has 0 aromatic heterocycles. The van der Waals surface area contributed by atoms with Gasteiger partial charge in [-0.15, -0.1) is 0 Å². The smallest absolute Gasteiger partial charge is 0.306 e. The van der Waals surface area contributed by atoms with Crippen LogP contribution in [0.15, 0.2) is 11.6 Å². The van der Waals surface area contributed by atoms with E-state index < -0.39 is 0 Å². The number of hydrogen-bond donors (Lipinski definition) is 0. The number of hydrogen-bond acceptors (Lipinski definition) is 7. The van der Waals surface area contributed by atoms with Gasteiger partial charge in [0.25, 0.3) is 0 Å². The van der Waals surface area contributed by atoms with Gasteiger partial charge in [-0.1, -0.05) is 220 Å². The van der Waals surface area contributed by atoms with Gasteiger partial charge in [0.05, 0.1) is 13.2 Å². The molecule has 0 aromatic rings. The number of rotatable bonds is 47. The summed E-state index contributed by atoms with van der Waals surface area (Å²) >= 11 is 0. The van der Waals surface area contributed by atoms with E-state index >= 15 is 0 Å². The molecule has 0 aromatic carbocycles. The van der Waals surface area contributed by atoms with Gasteiger partial charge in [0, 0.05) is 58.8 Å². The minimum atomic E-state index is -0.0188. The van der Waals surface area contributed by atoms with Crippen molar-refractivity contribution >= 4 is 11.9 Å². The van der Waals surface area contributed by atoms with E-state index in [0.29, 0.717) is 31.4 Å². The Morgan fingerprint density at radius 3 is 1.34 bits per heavy atom. The first kappa shape index (κ1) is 64.5. The quantitative estimate of drug-likeness (QED) is 0.0342. The lowest BCUT2D eigenvalue weighted by Gasteiger charge is -2.34. The number of likely N-dealkylation sites (N-methyl/N-ethyl adjacent to an activating group) is 1. The molecule has 0 spiro atoms. The van der Waals surface area contributed by atoms with Gasteiger partial charge in [0.1, 0.15) is 0 Å². The number of ether oxygens (including phenoxy) is 1. The van der Waals surface area contributed by atoms with Gasteiger partial charge in [0.2, 0.25) is 5.91 Å². The predicted molar refractivity (Wildman–Crippen MR) is 297 cm³/mol. The number of amides is 1. The van der Waals surface area contributed by atoms with Crippen LogP contribution in [0.3, 0.4) is 0 Å². The van der Waals surface area contributed by atoms with E-state index in [-0.39, 0.29) is 5.97 Å². The molecule has 2 fully saturated rings. The van der Waals surface area contributed by atoms with Crippen molar-refractivity contribution in [2.75, 3.05) is 98.7 Å². The van der Waals surface area contributed by atoms with Crippen LogP contribution in [0.4, 0.5) is 0 Å². The highest BCUT2D eigenvalue weighted by molar-refractivity contribution is 5.78. The normalized spacial score (nSPS) is 14.5. The molecule has 0 radical (unpaired) electrons. The van der Waals surface area contributed by atoms with Crippen LogP contribution in [-0.4, -0.2) is 135 Å². The van der Waals surface area contributed by atoms with Crippen molar-refractivity contribution in [2.24, 2.45) is 5.92 Å². The Hall–Kier alpha value is -1.48. The van der Waals surface area contributed by atoms with E-state index in [1.807, 2.05) is 0 Å². The number of piperazine rings is 1. The highest BCUT2D eigenvalue weighted by Crippen LogP contribution is 2.27. The van der Waals surface area contributed by atoms with Crippen LogP contribution < -0.4 is 0 Å². The van der Waals surface area contributed by atoms with E-state index in [1.54, 1.807) is 5.57 Å². The zero-order valence-corrected chi connectivity index (χ0v) is 47.1. The zero-order valence-electron chi connectivity index (χ0n) is 47.1. The maximum absolute atomic E-state index is 13.3. The third-order valence-electron chi connectivity index (χ3n) is 14.6. The van der Waals surface area contributed by atoms with Crippen molar-refractivity contribution in [3.05, 3.63) is 11.6 Å². The predicted octanol–water partition coefficient (Wildman–Crippen LogP) is 15.1. The second-order valence-corrected chi connectivity index (χ2v) is 21.6. The Kier molecular flexibility index (Phi) is 45.4. The first-order valence-electron chi connectivity index (χ1n) is 30.2. The first-order valence-corrected chi connectivity index (χ1v) is 30.2. The number of allylic oxidation sites excluding steroid dienone is 1. The SMILES string of the molecule is CCCCCCCCCN(CC=C1CC1)CCCOC(=O)CC(C)CCC.CCCCCCCCCN(CCCCCCCCC)CCN(CCCCCCCCC)CC(=O)N1CCN(C)CC1. The molecule has 8 nitrogen and oxygen atoms in total. The van der Waals surface area contributed by atoms with Crippen LogP contribution in [-0.2, 0) is 14.3 Å². The molecule has 402 valence electrons. The molecule has 1 aliphatic heterocycles. The Morgan fingerprint density at radius 2 is 0.897 bits per heavy atom. The molecular weight excluding hydrogens is 839 g/mol. The summed E-state index contributed by atoms with van der Waals surface area (Å²) in [5.41, 5.74) is 1.62. The lowest BCUT2D eigenvalue weighted by molar-refractivity contribution is -0.144. The maximum Gasteiger partial charge on any atom is 0.306 e. The van der Waals surface area contributed by atoms with Crippen LogP contribution in [0.2, 0.25) is 0 Å². The molecule has 1 unspecified atom stereocenters. The monoisotopic (exact) mass is 958 g/mol. The second kappa shape index (κ2) is 47.8. The maximum atomic E-state index is 13.3. The molecule has 2 aliphatic rings. The Balaban J connectivity index is 0.000000740. The number of carbonyl (C=O) groups excluding carboxylic acids is 2. The molecule has 2 rings (SSSR count). The van der Waals surface area contributed by atoms with Crippen molar-refractivity contribution in [1.29, 1.82) is 0 Å². The zero-order chi connectivity index (χ0) is 49.6. The Labute approximate surface area is 425 Å². The third-order valence-corrected chi connectivity index (χ3v) is 14.6. The topological polar surface area (TPSA) is 59.6 Å². The fourth-order valence-corrected chi connectivity index (χ4v) is 9.65. The largest absolute Gasteiger partial charge is 0.466 e. The average Bonchev–Trinajstić information content (AvgIpc) is 4.17. The van der Waals surface area contributed by atoms with E-state index in [4.69, 9.17) is 4.74 Å². The molecule has 1 heterocycles. The van der Waals surface area contributed by atoms with Crippen LogP contribution >= 0.6 is 0 Å². The van der Waals surface area contributed by atoms with Crippen LogP contribution in [0.1, 0.15) is 260 Å². The van der Waals surface area contributed by atoms with E-state index in [0.717, 1.165) is 78.2 Å². The Bertz CT molecular complexity index is 1120. The number of carbonyl (C=O) groups is 2. The van der Waals surface area contributed by atoms with Crippen molar-refractivity contribution in [3.8, 4) is 0 Å². The first-order chi connectivity index (χ1) is 33.3. The van der Waals surface area contributed by atoms with E-state index in [2.05, 4.69) is 79.2 Å². The van der Waals surface area contributed by atoms with Crippen molar-refractivity contribution in [2.45, 2.75) is 260 Å². The molecule has 1 aliphatic carbocycles. The molecule has 1 amide bonds. The molecule has 0 N–H and O–H groups in total. The van der Waals surface area contributed by atoms with Crippen LogP contribution in [0.5, 0.6) is 0 Å². The van der Waals surface area contributed by atoms with Gasteiger partial charge in [0.15, 0.2) is 0 Å². The number of esters is 1. The summed E-state index contributed by atoms with van der Waals surface area (Å²) in [5, 5.41) is 0.